The average molecular weight is 195 g/mol. The minimum Gasteiger partial charge on any atom is -0.343 e. The van der Waals surface area contributed by atoms with Crippen LogP contribution < -0.4 is 0 Å². The highest BCUT2D eigenvalue weighted by Crippen LogP contribution is 2.24. The molecule has 2 atom stereocenters. The molecule has 0 N–H and O–H groups in total. The maximum Gasteiger partial charge on any atom is 0.219 e. The smallest absolute Gasteiger partial charge is 0.219 e. The molecular weight excluding hydrogens is 174 g/mol. The van der Waals surface area contributed by atoms with Crippen LogP contribution in [-0.4, -0.2) is 23.9 Å². The fourth-order valence-electron chi connectivity index (χ4n) is 2.03. The van der Waals surface area contributed by atoms with Crippen LogP contribution in [0.25, 0.3) is 0 Å². The van der Waals surface area contributed by atoms with Crippen molar-refractivity contribution in [1.82, 2.24) is 4.90 Å². The van der Waals surface area contributed by atoms with Gasteiger partial charge < -0.3 is 4.90 Å². The Hall–Kier alpha value is -0.790. The first-order valence-electron chi connectivity index (χ1n) is 5.53. The van der Waals surface area contributed by atoms with E-state index in [1.165, 1.54) is 12.8 Å². The van der Waals surface area contributed by atoms with Crippen LogP contribution in [0.1, 0.15) is 39.5 Å². The van der Waals surface area contributed by atoms with Crippen LogP contribution in [0.2, 0.25) is 0 Å². The van der Waals surface area contributed by atoms with Crippen molar-refractivity contribution < 1.29 is 4.79 Å². The third-order valence-electron chi connectivity index (χ3n) is 3.27. The molecule has 2 nitrogen and oxygen atoms in total. The molecule has 2 unspecified atom stereocenters. The van der Waals surface area contributed by atoms with Crippen molar-refractivity contribution in [1.29, 1.82) is 0 Å². The zero-order valence-electron chi connectivity index (χ0n) is 9.49. The number of hydrogen-bond donors (Lipinski definition) is 0. The van der Waals surface area contributed by atoms with E-state index in [-0.39, 0.29) is 5.91 Å². The Morgan fingerprint density at radius 3 is 2.64 bits per heavy atom. The molecule has 0 aromatic heterocycles. The first-order chi connectivity index (χ1) is 6.65. The van der Waals surface area contributed by atoms with E-state index < -0.39 is 0 Å². The lowest BCUT2D eigenvalue weighted by Gasteiger charge is -2.28. The number of amides is 1. The van der Waals surface area contributed by atoms with Gasteiger partial charge in [0.1, 0.15) is 0 Å². The van der Waals surface area contributed by atoms with Gasteiger partial charge in [-0.15, -0.1) is 0 Å². The molecule has 1 aliphatic carbocycles. The summed E-state index contributed by atoms with van der Waals surface area (Å²) in [5, 5.41) is 0. The maximum absolute atomic E-state index is 11.3. The zero-order valence-corrected chi connectivity index (χ0v) is 9.49. The number of allylic oxidation sites excluding steroid dienone is 1. The molecule has 14 heavy (non-hydrogen) atoms. The molecule has 0 radical (unpaired) electrons. The summed E-state index contributed by atoms with van der Waals surface area (Å²) in [5.41, 5.74) is 0. The number of carbonyl (C=O) groups is 1. The minimum absolute atomic E-state index is 0.181. The van der Waals surface area contributed by atoms with Crippen molar-refractivity contribution in [3.8, 4) is 0 Å². The normalized spacial score (nSPS) is 27.1. The third-order valence-corrected chi connectivity index (χ3v) is 3.27. The van der Waals surface area contributed by atoms with Gasteiger partial charge in [0.05, 0.1) is 0 Å². The summed E-state index contributed by atoms with van der Waals surface area (Å²) in [6, 6.07) is 0.413. The lowest BCUT2D eigenvalue weighted by atomic mass is 9.95. The quantitative estimate of drug-likeness (QED) is 0.620. The van der Waals surface area contributed by atoms with Crippen LogP contribution in [-0.2, 0) is 4.79 Å². The number of nitrogens with zero attached hydrogens (tertiary/aromatic N) is 1. The molecule has 0 saturated carbocycles. The van der Waals surface area contributed by atoms with Crippen molar-refractivity contribution in [3.05, 3.63) is 12.2 Å². The first kappa shape index (κ1) is 11.3. The van der Waals surface area contributed by atoms with E-state index in [1.54, 1.807) is 6.92 Å². The van der Waals surface area contributed by atoms with Gasteiger partial charge in [-0.3, -0.25) is 4.79 Å². The predicted molar refractivity (Wildman–Crippen MR) is 59.0 cm³/mol. The highest BCUT2D eigenvalue weighted by Gasteiger charge is 2.21. The number of rotatable bonds is 2. The molecule has 2 heteroatoms. The molecule has 1 rings (SSSR count). The molecule has 0 bridgehead atoms. The summed E-state index contributed by atoms with van der Waals surface area (Å²) < 4.78 is 0. The number of carbonyl (C=O) groups excluding carboxylic acids is 1. The second-order valence-electron chi connectivity index (χ2n) is 4.24. The van der Waals surface area contributed by atoms with Gasteiger partial charge in [-0.25, -0.2) is 0 Å². The van der Waals surface area contributed by atoms with Crippen LogP contribution in [0, 0.1) is 5.92 Å². The van der Waals surface area contributed by atoms with E-state index >= 15 is 0 Å². The molecule has 0 heterocycles. The van der Waals surface area contributed by atoms with E-state index in [9.17, 15) is 4.79 Å². The summed E-state index contributed by atoms with van der Waals surface area (Å²) >= 11 is 0. The largest absolute Gasteiger partial charge is 0.343 e. The van der Waals surface area contributed by atoms with E-state index in [4.69, 9.17) is 0 Å². The van der Waals surface area contributed by atoms with Gasteiger partial charge in [0.25, 0.3) is 0 Å². The molecule has 0 aromatic carbocycles. The molecule has 0 aliphatic heterocycles. The topological polar surface area (TPSA) is 20.3 Å². The van der Waals surface area contributed by atoms with Gasteiger partial charge in [0, 0.05) is 20.0 Å². The van der Waals surface area contributed by atoms with E-state index in [1.807, 2.05) is 11.9 Å². The predicted octanol–water partition coefficient (Wildman–Crippen LogP) is 2.60. The average Bonchev–Trinajstić information content (AvgIpc) is 2.41. The Bertz CT molecular complexity index is 222. The fraction of sp³-hybridized carbons (Fsp3) is 0.750. The molecule has 80 valence electrons. The van der Waals surface area contributed by atoms with Gasteiger partial charge in [0.15, 0.2) is 0 Å². The lowest BCUT2D eigenvalue weighted by molar-refractivity contribution is -0.129. The maximum atomic E-state index is 11.3. The SMILES string of the molecule is CCC1CC=CCC(N(C)C(C)=O)C1. The van der Waals surface area contributed by atoms with Gasteiger partial charge >= 0.3 is 0 Å². The summed E-state index contributed by atoms with van der Waals surface area (Å²) in [7, 11) is 1.92. The van der Waals surface area contributed by atoms with Gasteiger partial charge in [-0.1, -0.05) is 25.5 Å². The Kier molecular flexibility index (Phi) is 4.18. The highest BCUT2D eigenvalue weighted by atomic mass is 16.2. The summed E-state index contributed by atoms with van der Waals surface area (Å²) in [6.07, 6.45) is 9.05. The first-order valence-corrected chi connectivity index (χ1v) is 5.53. The molecule has 0 spiro atoms. The van der Waals surface area contributed by atoms with Gasteiger partial charge in [-0.2, -0.15) is 0 Å². The van der Waals surface area contributed by atoms with E-state index in [0.29, 0.717) is 6.04 Å². The Morgan fingerprint density at radius 1 is 1.43 bits per heavy atom. The van der Waals surface area contributed by atoms with Crippen molar-refractivity contribution in [2.24, 2.45) is 5.92 Å². The third kappa shape index (κ3) is 2.86. The van der Waals surface area contributed by atoms with E-state index in [2.05, 4.69) is 19.1 Å². The van der Waals surface area contributed by atoms with Gasteiger partial charge in [0.2, 0.25) is 5.91 Å². The van der Waals surface area contributed by atoms with Crippen LogP contribution in [0.4, 0.5) is 0 Å². The zero-order chi connectivity index (χ0) is 10.6. The van der Waals surface area contributed by atoms with Crippen LogP contribution in [0.15, 0.2) is 12.2 Å². The second kappa shape index (κ2) is 5.18. The molecule has 0 fully saturated rings. The fourth-order valence-corrected chi connectivity index (χ4v) is 2.03. The Labute approximate surface area is 87.0 Å². The number of hydrogen-bond acceptors (Lipinski definition) is 1. The van der Waals surface area contributed by atoms with Crippen LogP contribution in [0.3, 0.4) is 0 Å². The Morgan fingerprint density at radius 2 is 2.07 bits per heavy atom. The van der Waals surface area contributed by atoms with Crippen LogP contribution >= 0.6 is 0 Å². The molecule has 1 amide bonds. The standard InChI is InChI=1S/C12H21NO/c1-4-11-7-5-6-8-12(9-11)13(3)10(2)14/h5-6,11-12H,4,7-9H2,1-3H3. The molecule has 0 saturated heterocycles. The van der Waals surface area contributed by atoms with Crippen molar-refractivity contribution in [2.45, 2.75) is 45.6 Å². The highest BCUT2D eigenvalue weighted by molar-refractivity contribution is 5.73. The molecule has 0 aromatic rings. The van der Waals surface area contributed by atoms with Crippen molar-refractivity contribution >= 4 is 5.91 Å². The van der Waals surface area contributed by atoms with E-state index in [0.717, 1.165) is 18.8 Å². The van der Waals surface area contributed by atoms with Crippen molar-refractivity contribution in [3.63, 3.8) is 0 Å². The molecular formula is C12H21NO. The summed E-state index contributed by atoms with van der Waals surface area (Å²) in [4.78, 5) is 13.1. The second-order valence-corrected chi connectivity index (χ2v) is 4.24. The van der Waals surface area contributed by atoms with Gasteiger partial charge in [-0.05, 0) is 25.2 Å². The minimum atomic E-state index is 0.181. The van der Waals surface area contributed by atoms with Crippen molar-refractivity contribution in [2.75, 3.05) is 7.05 Å². The Balaban J connectivity index is 2.59. The van der Waals surface area contributed by atoms with Crippen LogP contribution in [0.5, 0.6) is 0 Å². The summed E-state index contributed by atoms with van der Waals surface area (Å²) in [6.45, 7) is 3.88. The monoisotopic (exact) mass is 195 g/mol. The lowest BCUT2D eigenvalue weighted by Crippen LogP contribution is -2.36. The summed E-state index contributed by atoms with van der Waals surface area (Å²) in [5.74, 6) is 0.931. The molecule has 1 aliphatic rings.